The van der Waals surface area contributed by atoms with Gasteiger partial charge in [0, 0.05) is 31.2 Å². The molecule has 9 heteroatoms. The van der Waals surface area contributed by atoms with Crippen molar-refractivity contribution in [2.75, 3.05) is 31.6 Å². The number of pyridine rings is 1. The van der Waals surface area contributed by atoms with Crippen molar-refractivity contribution in [2.45, 2.75) is 18.6 Å². The van der Waals surface area contributed by atoms with Crippen LogP contribution in [0.2, 0.25) is 0 Å². The molecule has 0 aliphatic carbocycles. The third-order valence-corrected chi connectivity index (χ3v) is 5.38. The minimum absolute atomic E-state index is 0.515. The van der Waals surface area contributed by atoms with Crippen LogP contribution in [0.5, 0.6) is 0 Å². The second-order valence-electron chi connectivity index (χ2n) is 7.58. The van der Waals surface area contributed by atoms with E-state index in [2.05, 4.69) is 36.6 Å². The zero-order valence-corrected chi connectivity index (χ0v) is 16.2. The second-order valence-corrected chi connectivity index (χ2v) is 7.58. The first-order valence-corrected chi connectivity index (χ1v) is 9.65. The summed E-state index contributed by atoms with van der Waals surface area (Å²) in [4.78, 5) is 15.6. The van der Waals surface area contributed by atoms with Crippen LogP contribution >= 0.6 is 0 Å². The molecule has 9 nitrogen and oxygen atoms in total. The van der Waals surface area contributed by atoms with Gasteiger partial charge in [-0.15, -0.1) is 5.10 Å². The van der Waals surface area contributed by atoms with Crippen molar-refractivity contribution in [3.05, 3.63) is 48.3 Å². The number of fused-ring (bicyclic) bond motifs is 2. The summed E-state index contributed by atoms with van der Waals surface area (Å²) in [6.07, 6.45) is 4.18. The molecule has 4 aromatic rings. The van der Waals surface area contributed by atoms with Gasteiger partial charge in [0.05, 0.1) is 23.9 Å². The Hall–Kier alpha value is -3.17. The highest BCUT2D eigenvalue weighted by molar-refractivity contribution is 5.79. The van der Waals surface area contributed by atoms with Gasteiger partial charge in [-0.1, -0.05) is 17.3 Å². The molecular formula is C20H22N8O. The third kappa shape index (κ3) is 3.39. The number of nitrogens with zero attached hydrogens (tertiary/aromatic N) is 7. The van der Waals surface area contributed by atoms with Gasteiger partial charge in [0.2, 0.25) is 5.65 Å². The predicted molar refractivity (Wildman–Crippen MR) is 110 cm³/mol. The molecule has 4 heterocycles. The molecule has 1 atom stereocenters. The molecule has 1 aromatic carbocycles. The van der Waals surface area contributed by atoms with E-state index in [9.17, 15) is 5.11 Å². The maximum Gasteiger partial charge on any atom is 0.221 e. The van der Waals surface area contributed by atoms with Crippen LogP contribution in [0, 0.1) is 0 Å². The van der Waals surface area contributed by atoms with E-state index in [-0.39, 0.29) is 0 Å². The van der Waals surface area contributed by atoms with Gasteiger partial charge < -0.3 is 15.3 Å². The molecule has 5 rings (SSSR count). The summed E-state index contributed by atoms with van der Waals surface area (Å²) in [5.41, 5.74) is 2.46. The Morgan fingerprint density at radius 2 is 2.17 bits per heavy atom. The lowest BCUT2D eigenvalue weighted by atomic mass is 10.0. The van der Waals surface area contributed by atoms with Gasteiger partial charge in [-0.05, 0) is 37.2 Å². The Balaban J connectivity index is 1.43. The van der Waals surface area contributed by atoms with E-state index in [1.165, 1.54) is 0 Å². The minimum Gasteiger partial charge on any atom is -0.387 e. The van der Waals surface area contributed by atoms with Gasteiger partial charge in [0.25, 0.3) is 0 Å². The van der Waals surface area contributed by atoms with E-state index in [4.69, 9.17) is 4.98 Å². The van der Waals surface area contributed by atoms with Crippen LogP contribution in [0.25, 0.3) is 22.2 Å². The molecule has 0 bridgehead atoms. The summed E-state index contributed by atoms with van der Waals surface area (Å²) < 4.78 is 1.76. The number of hydrogen-bond acceptors (Lipinski definition) is 8. The summed E-state index contributed by atoms with van der Waals surface area (Å²) in [5.74, 6) is 0.732. The molecule has 1 unspecified atom stereocenters. The zero-order chi connectivity index (χ0) is 19.8. The van der Waals surface area contributed by atoms with Crippen LogP contribution < -0.4 is 10.2 Å². The molecule has 1 aliphatic rings. The maximum absolute atomic E-state index is 10.6. The molecule has 29 heavy (non-hydrogen) atoms. The van der Waals surface area contributed by atoms with Crippen LogP contribution in [0.15, 0.2) is 42.7 Å². The molecular weight excluding hydrogens is 368 g/mol. The van der Waals surface area contributed by atoms with Crippen molar-refractivity contribution in [1.82, 2.24) is 35.3 Å². The number of likely N-dealkylation sites (N-methyl/N-ethyl adjacent to an activating group) is 1. The lowest BCUT2D eigenvalue weighted by Crippen LogP contribution is -2.42. The van der Waals surface area contributed by atoms with Crippen LogP contribution in [-0.4, -0.2) is 67.3 Å². The minimum atomic E-state index is -0.747. The smallest absolute Gasteiger partial charge is 0.221 e. The van der Waals surface area contributed by atoms with Gasteiger partial charge in [0.1, 0.15) is 5.82 Å². The molecule has 1 saturated heterocycles. The van der Waals surface area contributed by atoms with Crippen molar-refractivity contribution in [3.8, 4) is 0 Å². The van der Waals surface area contributed by atoms with Gasteiger partial charge in [-0.3, -0.25) is 4.98 Å². The molecule has 0 saturated carbocycles. The number of aromatic nitrogens is 6. The number of rotatable bonds is 5. The Labute approximate surface area is 167 Å². The average Bonchev–Trinajstić information content (AvgIpc) is 3.32. The van der Waals surface area contributed by atoms with E-state index in [0.29, 0.717) is 37.3 Å². The quantitative estimate of drug-likeness (QED) is 0.520. The highest BCUT2D eigenvalue weighted by Crippen LogP contribution is 2.25. The van der Waals surface area contributed by atoms with Crippen molar-refractivity contribution in [1.29, 1.82) is 0 Å². The fourth-order valence-corrected chi connectivity index (χ4v) is 3.93. The first-order valence-electron chi connectivity index (χ1n) is 9.65. The largest absolute Gasteiger partial charge is 0.387 e. The van der Waals surface area contributed by atoms with Crippen molar-refractivity contribution < 1.29 is 5.11 Å². The lowest BCUT2D eigenvalue weighted by molar-refractivity contribution is 0.0651. The first-order chi connectivity index (χ1) is 14.1. The highest BCUT2D eigenvalue weighted by atomic mass is 16.3. The number of nitrogens with one attached hydrogen (secondary N) is 1. The fourth-order valence-electron chi connectivity index (χ4n) is 3.93. The Morgan fingerprint density at radius 3 is 3.07 bits per heavy atom. The molecule has 148 valence electrons. The van der Waals surface area contributed by atoms with Gasteiger partial charge in [0.15, 0.2) is 5.65 Å². The Bertz CT molecular complexity index is 1180. The summed E-state index contributed by atoms with van der Waals surface area (Å²) >= 11 is 0. The number of anilines is 1. The predicted octanol–water partition coefficient (Wildman–Crippen LogP) is 0.978. The summed E-state index contributed by atoms with van der Waals surface area (Å²) in [5, 5.41) is 23.2. The van der Waals surface area contributed by atoms with Crippen LogP contribution in [0.4, 0.5) is 5.82 Å². The third-order valence-electron chi connectivity index (χ3n) is 5.38. The first kappa shape index (κ1) is 17.9. The number of β-amino-alcohol motifs (C(OH)–C–C–N with tert-alkyl or cyclic N) is 1. The second kappa shape index (κ2) is 7.02. The average molecular weight is 390 g/mol. The van der Waals surface area contributed by atoms with Gasteiger partial charge in [-0.2, -0.15) is 0 Å². The number of benzene rings is 1. The molecule has 0 amide bonds. The SMILES string of the molecule is CNCC1(O)CCN(c2cnc3nnn(Cc4ccc5ncccc5c4)c3n2)C1. The molecule has 0 spiro atoms. The Morgan fingerprint density at radius 1 is 1.24 bits per heavy atom. The highest BCUT2D eigenvalue weighted by Gasteiger charge is 2.36. The fraction of sp³-hybridized carbons (Fsp3) is 0.350. The van der Waals surface area contributed by atoms with Crippen molar-refractivity contribution in [3.63, 3.8) is 0 Å². The molecule has 1 aliphatic heterocycles. The van der Waals surface area contributed by atoms with E-state index in [1.54, 1.807) is 17.1 Å². The molecule has 3 aromatic heterocycles. The monoisotopic (exact) mass is 390 g/mol. The van der Waals surface area contributed by atoms with Gasteiger partial charge in [-0.25, -0.2) is 14.6 Å². The maximum atomic E-state index is 10.6. The van der Waals surface area contributed by atoms with E-state index in [1.807, 2.05) is 31.3 Å². The summed E-state index contributed by atoms with van der Waals surface area (Å²) in [7, 11) is 1.85. The van der Waals surface area contributed by atoms with Gasteiger partial charge >= 0.3 is 0 Å². The van der Waals surface area contributed by atoms with Crippen molar-refractivity contribution >= 4 is 28.0 Å². The topological polar surface area (TPSA) is 105 Å². The lowest BCUT2D eigenvalue weighted by Gasteiger charge is -2.23. The number of aliphatic hydroxyl groups is 1. The summed E-state index contributed by atoms with van der Waals surface area (Å²) in [6.45, 7) is 2.35. The van der Waals surface area contributed by atoms with E-state index >= 15 is 0 Å². The number of hydrogen-bond donors (Lipinski definition) is 2. The molecule has 2 N–H and O–H groups in total. The normalized spacial score (nSPS) is 19.4. The molecule has 1 fully saturated rings. The van der Waals surface area contributed by atoms with Crippen LogP contribution in [-0.2, 0) is 6.54 Å². The molecule has 0 radical (unpaired) electrons. The van der Waals surface area contributed by atoms with Crippen molar-refractivity contribution in [2.24, 2.45) is 0 Å². The van der Waals surface area contributed by atoms with Crippen LogP contribution in [0.1, 0.15) is 12.0 Å². The Kier molecular flexibility index (Phi) is 4.33. The van der Waals surface area contributed by atoms with E-state index < -0.39 is 5.60 Å². The van der Waals surface area contributed by atoms with Crippen LogP contribution in [0.3, 0.4) is 0 Å². The summed E-state index contributed by atoms with van der Waals surface area (Å²) in [6, 6.07) is 10.1. The van der Waals surface area contributed by atoms with E-state index in [0.717, 1.165) is 28.8 Å². The standard InChI is InChI=1S/C20H22N8O/c1-21-12-20(29)6-8-27(13-20)17-10-23-18-19(24-17)28(26-25-18)11-14-4-5-16-15(9-14)3-2-7-22-16/h2-5,7,9-10,21,29H,6,8,11-13H2,1H3. The zero-order valence-electron chi connectivity index (χ0n) is 16.2.